The van der Waals surface area contributed by atoms with Crippen molar-refractivity contribution in [2.75, 3.05) is 6.61 Å². The molecule has 0 aromatic rings. The molecule has 2 nitrogen and oxygen atoms in total. The van der Waals surface area contributed by atoms with Crippen molar-refractivity contribution in [3.8, 4) is 0 Å². The van der Waals surface area contributed by atoms with Crippen LogP contribution in [-0.4, -0.2) is 26.5 Å². The summed E-state index contributed by atoms with van der Waals surface area (Å²) in [6.07, 6.45) is 3.44. The fourth-order valence-electron chi connectivity index (χ4n) is 1.72. The van der Waals surface area contributed by atoms with Gasteiger partial charge in [0.05, 0.1) is 5.73 Å². The first-order chi connectivity index (χ1) is 6.13. The minimum absolute atomic E-state index is 0.262. The van der Waals surface area contributed by atoms with Gasteiger partial charge in [-0.15, -0.1) is 0 Å². The Morgan fingerprint density at radius 1 is 1.54 bits per heavy atom. The third-order valence-corrected chi connectivity index (χ3v) is 5.57. The van der Waals surface area contributed by atoms with Gasteiger partial charge in [0.1, 0.15) is 5.41 Å². The van der Waals surface area contributed by atoms with Crippen LogP contribution in [0.1, 0.15) is 26.2 Å². The van der Waals surface area contributed by atoms with Gasteiger partial charge in [-0.25, -0.2) is 0 Å². The second kappa shape index (κ2) is 4.72. The summed E-state index contributed by atoms with van der Waals surface area (Å²) in [5.74, 6) is 0. The molecular weight excluding hydrogens is 180 g/mol. The summed E-state index contributed by atoms with van der Waals surface area (Å²) in [6, 6.07) is 0. The van der Waals surface area contributed by atoms with Crippen molar-refractivity contribution >= 4 is 14.2 Å². The highest BCUT2D eigenvalue weighted by Crippen LogP contribution is 2.16. The normalized spacial score (nSPS) is 25.2. The van der Waals surface area contributed by atoms with Gasteiger partial charge in [0.2, 0.25) is 0 Å². The van der Waals surface area contributed by atoms with E-state index >= 15 is 0 Å². The van der Waals surface area contributed by atoms with Crippen molar-refractivity contribution in [2.24, 2.45) is 0 Å². The standard InChI is InChI=1S/C10H18O2Si/c1-8(2)10(11)13(3)9-6-4-5-7-12-9/h9,13H,1,4-7H2,2-3H3. The van der Waals surface area contributed by atoms with E-state index in [2.05, 4.69) is 13.1 Å². The molecule has 0 saturated carbocycles. The molecule has 1 saturated heterocycles. The second-order valence-electron chi connectivity index (χ2n) is 3.84. The molecule has 0 N–H and O–H groups in total. The van der Waals surface area contributed by atoms with Crippen LogP contribution in [0.2, 0.25) is 6.55 Å². The molecule has 0 aromatic heterocycles. The van der Waals surface area contributed by atoms with E-state index < -0.39 is 8.80 Å². The average Bonchev–Trinajstić information content (AvgIpc) is 2.17. The molecule has 0 aromatic carbocycles. The highest BCUT2D eigenvalue weighted by atomic mass is 28.3. The third kappa shape index (κ3) is 2.78. The van der Waals surface area contributed by atoms with Crippen molar-refractivity contribution in [3.63, 3.8) is 0 Å². The van der Waals surface area contributed by atoms with Gasteiger partial charge >= 0.3 is 0 Å². The summed E-state index contributed by atoms with van der Waals surface area (Å²) in [6.45, 7) is 8.42. The molecule has 3 heteroatoms. The fraction of sp³-hybridized carbons (Fsp3) is 0.700. The largest absolute Gasteiger partial charge is 0.381 e. The highest BCUT2D eigenvalue weighted by molar-refractivity contribution is 6.92. The summed E-state index contributed by atoms with van der Waals surface area (Å²) in [5.41, 5.74) is 0.964. The Labute approximate surface area is 81.6 Å². The number of allylic oxidation sites excluding steroid dienone is 1. The van der Waals surface area contributed by atoms with Gasteiger partial charge in [0, 0.05) is 6.61 Å². The third-order valence-electron chi connectivity index (χ3n) is 2.61. The number of carbonyl (C=O) groups excluding carboxylic acids is 1. The lowest BCUT2D eigenvalue weighted by Gasteiger charge is -2.26. The monoisotopic (exact) mass is 198 g/mol. The van der Waals surface area contributed by atoms with E-state index in [-0.39, 0.29) is 11.1 Å². The number of rotatable bonds is 3. The van der Waals surface area contributed by atoms with E-state index in [1.807, 2.05) is 0 Å². The maximum absolute atomic E-state index is 11.6. The van der Waals surface area contributed by atoms with Gasteiger partial charge in [-0.1, -0.05) is 13.1 Å². The molecule has 13 heavy (non-hydrogen) atoms. The van der Waals surface area contributed by atoms with E-state index in [9.17, 15) is 4.79 Å². The molecule has 2 atom stereocenters. The second-order valence-corrected chi connectivity index (χ2v) is 6.68. The van der Waals surface area contributed by atoms with Crippen LogP contribution < -0.4 is 0 Å². The van der Waals surface area contributed by atoms with Crippen molar-refractivity contribution in [3.05, 3.63) is 12.2 Å². The minimum Gasteiger partial charge on any atom is -0.381 e. The Morgan fingerprint density at radius 2 is 2.23 bits per heavy atom. The zero-order valence-corrected chi connectivity index (χ0v) is 9.66. The predicted octanol–water partition coefficient (Wildman–Crippen LogP) is 1.64. The lowest BCUT2D eigenvalue weighted by Crippen LogP contribution is -2.40. The highest BCUT2D eigenvalue weighted by Gasteiger charge is 2.28. The van der Waals surface area contributed by atoms with Gasteiger partial charge in [0.25, 0.3) is 0 Å². The molecule has 0 radical (unpaired) electrons. The maximum atomic E-state index is 11.6. The zero-order chi connectivity index (χ0) is 9.84. The molecule has 0 amide bonds. The minimum atomic E-state index is -1.40. The lowest BCUT2D eigenvalue weighted by atomic mass is 10.2. The summed E-state index contributed by atoms with van der Waals surface area (Å²) < 4.78 is 5.61. The fourth-order valence-corrected chi connectivity index (χ4v) is 3.99. The number of carbonyl (C=O) groups is 1. The summed E-state index contributed by atoms with van der Waals surface area (Å²) in [7, 11) is -1.40. The Kier molecular flexibility index (Phi) is 3.87. The van der Waals surface area contributed by atoms with Crippen LogP contribution in [0.5, 0.6) is 0 Å². The molecule has 74 valence electrons. The van der Waals surface area contributed by atoms with Gasteiger partial charge < -0.3 is 9.53 Å². The Bertz CT molecular complexity index is 207. The van der Waals surface area contributed by atoms with Gasteiger partial charge in [0.15, 0.2) is 8.80 Å². The molecule has 1 heterocycles. The first-order valence-corrected chi connectivity index (χ1v) is 7.34. The van der Waals surface area contributed by atoms with E-state index in [1.165, 1.54) is 6.42 Å². The average molecular weight is 198 g/mol. The van der Waals surface area contributed by atoms with Gasteiger partial charge in [-0.3, -0.25) is 0 Å². The van der Waals surface area contributed by atoms with Crippen LogP contribution in [0.4, 0.5) is 0 Å². The van der Waals surface area contributed by atoms with Crippen molar-refractivity contribution in [1.29, 1.82) is 0 Å². The molecule has 0 spiro atoms. The molecule has 1 rings (SSSR count). The van der Waals surface area contributed by atoms with Crippen molar-refractivity contribution in [2.45, 2.75) is 38.5 Å². The molecule has 2 unspecified atom stereocenters. The first kappa shape index (κ1) is 10.7. The van der Waals surface area contributed by atoms with Crippen LogP contribution in [-0.2, 0) is 9.53 Å². The Balaban J connectivity index is 2.49. The van der Waals surface area contributed by atoms with Crippen LogP contribution in [0.3, 0.4) is 0 Å². The topological polar surface area (TPSA) is 26.3 Å². The summed E-state index contributed by atoms with van der Waals surface area (Å²) >= 11 is 0. The molecule has 0 aliphatic carbocycles. The van der Waals surface area contributed by atoms with E-state index in [0.717, 1.165) is 19.4 Å². The first-order valence-electron chi connectivity index (χ1n) is 4.94. The zero-order valence-electron chi connectivity index (χ0n) is 8.51. The van der Waals surface area contributed by atoms with Crippen LogP contribution in [0, 0.1) is 0 Å². The number of ether oxygens (including phenoxy) is 1. The Morgan fingerprint density at radius 3 is 2.69 bits per heavy atom. The summed E-state index contributed by atoms with van der Waals surface area (Å²) in [5, 5.41) is 0.284. The number of hydrogen-bond donors (Lipinski definition) is 0. The van der Waals surface area contributed by atoms with E-state index in [0.29, 0.717) is 5.57 Å². The van der Waals surface area contributed by atoms with Gasteiger partial charge in [-0.05, 0) is 31.8 Å². The van der Waals surface area contributed by atoms with Crippen LogP contribution in [0.25, 0.3) is 0 Å². The summed E-state index contributed by atoms with van der Waals surface area (Å²) in [4.78, 5) is 11.6. The smallest absolute Gasteiger partial charge is 0.152 e. The van der Waals surface area contributed by atoms with E-state index in [4.69, 9.17) is 4.74 Å². The van der Waals surface area contributed by atoms with Gasteiger partial charge in [-0.2, -0.15) is 0 Å². The molecule has 1 aliphatic heterocycles. The predicted molar refractivity (Wildman–Crippen MR) is 56.4 cm³/mol. The molecule has 0 bridgehead atoms. The van der Waals surface area contributed by atoms with Crippen molar-refractivity contribution < 1.29 is 9.53 Å². The molecule has 1 fully saturated rings. The molecular formula is C10H18O2Si. The maximum Gasteiger partial charge on any atom is 0.152 e. The lowest BCUT2D eigenvalue weighted by molar-refractivity contribution is -0.109. The number of hydrogen-bond acceptors (Lipinski definition) is 2. The van der Waals surface area contributed by atoms with Crippen molar-refractivity contribution in [1.82, 2.24) is 0 Å². The van der Waals surface area contributed by atoms with E-state index in [1.54, 1.807) is 6.92 Å². The SMILES string of the molecule is C=C(C)C(=O)[SiH](C)C1CCCCO1. The molecule has 1 aliphatic rings. The van der Waals surface area contributed by atoms with Crippen LogP contribution >= 0.6 is 0 Å². The van der Waals surface area contributed by atoms with Crippen LogP contribution in [0.15, 0.2) is 12.2 Å². The quantitative estimate of drug-likeness (QED) is 0.509. The Hall–Kier alpha value is -0.413.